The normalized spacial score (nSPS) is 12.9. The molecule has 4 N–H and O–H groups in total. The molecule has 198 valence electrons. The van der Waals surface area contributed by atoms with E-state index in [0.717, 1.165) is 11.8 Å². The van der Waals surface area contributed by atoms with Crippen molar-refractivity contribution in [2.75, 3.05) is 23.2 Å². The standard InChI is InChI=1S/C24H22N4O8S2/c1-14(22(30)28-15-4-7-17(8-5-15)38(25,32)33)36-24(31)18-3-2-10-26-23(18)37-12-21(29)27-16-6-9-19-20(11-16)35-13-34-19/h2-11,14H,12-13H2,1H3,(H,27,29)(H,28,30)(H2,25,32,33)/t14-/m1/s1. The third-order valence-corrected chi connectivity index (χ3v) is 7.03. The van der Waals surface area contributed by atoms with Gasteiger partial charge in [-0.2, -0.15) is 0 Å². The van der Waals surface area contributed by atoms with Gasteiger partial charge in [0.05, 0.1) is 16.2 Å². The summed E-state index contributed by atoms with van der Waals surface area (Å²) in [5.74, 6) is -0.691. The molecule has 1 aliphatic rings. The fraction of sp³-hybridized carbons (Fsp3) is 0.167. The minimum Gasteiger partial charge on any atom is -0.454 e. The molecule has 38 heavy (non-hydrogen) atoms. The minimum atomic E-state index is -3.87. The minimum absolute atomic E-state index is 0.0453. The van der Waals surface area contributed by atoms with Crippen molar-refractivity contribution in [3.05, 3.63) is 66.4 Å². The Morgan fingerprint density at radius 2 is 1.76 bits per heavy atom. The Balaban J connectivity index is 1.32. The van der Waals surface area contributed by atoms with E-state index in [9.17, 15) is 22.8 Å². The monoisotopic (exact) mass is 558 g/mol. The molecule has 0 aliphatic carbocycles. The highest BCUT2D eigenvalue weighted by molar-refractivity contribution is 8.00. The number of rotatable bonds is 9. The highest BCUT2D eigenvalue weighted by Crippen LogP contribution is 2.34. The van der Waals surface area contributed by atoms with Gasteiger partial charge >= 0.3 is 5.97 Å². The van der Waals surface area contributed by atoms with Crippen LogP contribution in [0.25, 0.3) is 0 Å². The number of esters is 1. The molecule has 1 atom stereocenters. The van der Waals surface area contributed by atoms with Gasteiger partial charge in [-0.05, 0) is 55.5 Å². The van der Waals surface area contributed by atoms with Gasteiger partial charge in [-0.1, -0.05) is 11.8 Å². The maximum atomic E-state index is 12.8. The van der Waals surface area contributed by atoms with E-state index in [0.29, 0.717) is 17.2 Å². The third-order valence-electron chi connectivity index (χ3n) is 5.09. The van der Waals surface area contributed by atoms with E-state index in [-0.39, 0.29) is 39.6 Å². The molecule has 0 saturated carbocycles. The molecule has 2 aromatic carbocycles. The number of hydrogen-bond donors (Lipinski definition) is 3. The number of pyridine rings is 1. The fourth-order valence-electron chi connectivity index (χ4n) is 3.22. The van der Waals surface area contributed by atoms with Crippen LogP contribution in [0.5, 0.6) is 11.5 Å². The molecule has 0 unspecified atom stereocenters. The number of hydrogen-bond acceptors (Lipinski definition) is 10. The van der Waals surface area contributed by atoms with Crippen molar-refractivity contribution < 1.29 is 37.0 Å². The molecule has 0 spiro atoms. The Morgan fingerprint density at radius 3 is 2.50 bits per heavy atom. The largest absolute Gasteiger partial charge is 0.454 e. The highest BCUT2D eigenvalue weighted by atomic mass is 32.2. The van der Waals surface area contributed by atoms with Crippen molar-refractivity contribution in [2.24, 2.45) is 5.14 Å². The molecule has 0 bridgehead atoms. The van der Waals surface area contributed by atoms with Crippen LogP contribution in [0, 0.1) is 0 Å². The summed E-state index contributed by atoms with van der Waals surface area (Å²) in [6.07, 6.45) is 0.281. The number of nitrogens with one attached hydrogen (secondary N) is 2. The Kier molecular flexibility index (Phi) is 8.14. The maximum absolute atomic E-state index is 12.8. The number of benzene rings is 2. The van der Waals surface area contributed by atoms with E-state index in [1.165, 1.54) is 49.5 Å². The van der Waals surface area contributed by atoms with Crippen LogP contribution in [-0.2, 0) is 24.3 Å². The van der Waals surface area contributed by atoms with Gasteiger partial charge < -0.3 is 24.8 Å². The number of sulfonamides is 1. The van der Waals surface area contributed by atoms with Gasteiger partial charge in [-0.15, -0.1) is 0 Å². The number of nitrogens with two attached hydrogens (primary N) is 1. The average molecular weight is 559 g/mol. The number of fused-ring (bicyclic) bond motifs is 1. The number of carbonyl (C=O) groups excluding carboxylic acids is 3. The zero-order valence-electron chi connectivity index (χ0n) is 19.9. The molecule has 14 heteroatoms. The topological polar surface area (TPSA) is 176 Å². The number of aromatic nitrogens is 1. The van der Waals surface area contributed by atoms with Crippen LogP contribution < -0.4 is 25.2 Å². The summed E-state index contributed by atoms with van der Waals surface area (Å²) >= 11 is 1.03. The lowest BCUT2D eigenvalue weighted by molar-refractivity contribution is -0.123. The first-order valence-corrected chi connectivity index (χ1v) is 13.6. The molecule has 3 aromatic rings. The SMILES string of the molecule is C[C@@H](OC(=O)c1cccnc1SCC(=O)Nc1ccc2c(c1)OCO2)C(=O)Nc1ccc(S(N)(=O)=O)cc1. The highest BCUT2D eigenvalue weighted by Gasteiger charge is 2.22. The molecular weight excluding hydrogens is 536 g/mol. The van der Waals surface area contributed by atoms with Gasteiger partial charge in [-0.25, -0.2) is 23.3 Å². The summed E-state index contributed by atoms with van der Waals surface area (Å²) in [5, 5.41) is 10.6. The van der Waals surface area contributed by atoms with Crippen molar-refractivity contribution >= 4 is 50.9 Å². The van der Waals surface area contributed by atoms with Gasteiger partial charge in [0.1, 0.15) is 5.03 Å². The second-order valence-electron chi connectivity index (χ2n) is 7.87. The quantitative estimate of drug-likeness (QED) is 0.261. The van der Waals surface area contributed by atoms with Crippen LogP contribution in [0.4, 0.5) is 11.4 Å². The van der Waals surface area contributed by atoms with Crippen molar-refractivity contribution in [3.8, 4) is 11.5 Å². The summed E-state index contributed by atoms with van der Waals surface area (Å²) in [6, 6.07) is 13.2. The van der Waals surface area contributed by atoms with Gasteiger partial charge in [0.2, 0.25) is 22.7 Å². The van der Waals surface area contributed by atoms with Crippen molar-refractivity contribution in [1.82, 2.24) is 4.98 Å². The van der Waals surface area contributed by atoms with Gasteiger partial charge in [0, 0.05) is 23.6 Å². The summed E-state index contributed by atoms with van der Waals surface area (Å²) in [4.78, 5) is 41.7. The van der Waals surface area contributed by atoms with Crippen LogP contribution in [0.1, 0.15) is 17.3 Å². The zero-order valence-corrected chi connectivity index (χ0v) is 21.5. The Morgan fingerprint density at radius 1 is 1.05 bits per heavy atom. The number of thioether (sulfide) groups is 1. The average Bonchev–Trinajstić information content (AvgIpc) is 3.35. The predicted molar refractivity (Wildman–Crippen MR) is 137 cm³/mol. The van der Waals surface area contributed by atoms with Crippen molar-refractivity contribution in [3.63, 3.8) is 0 Å². The molecule has 1 aliphatic heterocycles. The number of nitrogens with zero attached hydrogens (tertiary/aromatic N) is 1. The van der Waals surface area contributed by atoms with E-state index in [1.54, 1.807) is 18.2 Å². The summed E-state index contributed by atoms with van der Waals surface area (Å²) < 4.78 is 38.5. The predicted octanol–water partition coefficient (Wildman–Crippen LogP) is 2.37. The molecule has 4 rings (SSSR count). The molecule has 2 amide bonds. The molecule has 0 radical (unpaired) electrons. The number of amides is 2. The van der Waals surface area contributed by atoms with Gasteiger partial charge in [-0.3, -0.25) is 9.59 Å². The molecule has 12 nitrogen and oxygen atoms in total. The number of primary sulfonamides is 1. The maximum Gasteiger partial charge on any atom is 0.341 e. The first-order valence-electron chi connectivity index (χ1n) is 11.0. The zero-order chi connectivity index (χ0) is 27.3. The van der Waals surface area contributed by atoms with Crippen molar-refractivity contribution in [1.29, 1.82) is 0 Å². The lowest BCUT2D eigenvalue weighted by Gasteiger charge is -2.15. The Bertz CT molecular complexity index is 1480. The summed E-state index contributed by atoms with van der Waals surface area (Å²) in [5.41, 5.74) is 0.904. The lowest BCUT2D eigenvalue weighted by atomic mass is 10.2. The second kappa shape index (κ2) is 11.5. The molecule has 2 heterocycles. The third kappa shape index (κ3) is 6.79. The van der Waals surface area contributed by atoms with Crippen molar-refractivity contribution in [2.45, 2.75) is 22.9 Å². The Labute approximate surface area is 221 Å². The number of ether oxygens (including phenoxy) is 3. The van der Waals surface area contributed by atoms with Crippen LogP contribution in [0.2, 0.25) is 0 Å². The van der Waals surface area contributed by atoms with Crippen LogP contribution in [-0.4, -0.2) is 49.8 Å². The summed E-state index contributed by atoms with van der Waals surface area (Å²) in [6.45, 7) is 1.50. The first kappa shape index (κ1) is 26.9. The van der Waals surface area contributed by atoms with Gasteiger partial charge in [0.25, 0.3) is 5.91 Å². The van der Waals surface area contributed by atoms with E-state index in [1.807, 2.05) is 0 Å². The lowest BCUT2D eigenvalue weighted by Crippen LogP contribution is -2.30. The van der Waals surface area contributed by atoms with E-state index in [2.05, 4.69) is 15.6 Å². The smallest absolute Gasteiger partial charge is 0.341 e. The van der Waals surface area contributed by atoms with E-state index >= 15 is 0 Å². The van der Waals surface area contributed by atoms with E-state index in [4.69, 9.17) is 19.3 Å². The molecule has 0 fully saturated rings. The molecule has 0 saturated heterocycles. The molecule has 1 aromatic heterocycles. The Hall–Kier alpha value is -4.14. The number of carbonyl (C=O) groups is 3. The fourth-order valence-corrected chi connectivity index (χ4v) is 4.51. The molecular formula is C24H22N4O8S2. The van der Waals surface area contributed by atoms with Crippen LogP contribution in [0.15, 0.2) is 70.7 Å². The van der Waals surface area contributed by atoms with E-state index < -0.39 is 28.0 Å². The second-order valence-corrected chi connectivity index (χ2v) is 10.4. The first-order chi connectivity index (χ1) is 18.1. The van der Waals surface area contributed by atoms with Crippen LogP contribution in [0.3, 0.4) is 0 Å². The van der Waals surface area contributed by atoms with Gasteiger partial charge in [0.15, 0.2) is 17.6 Å². The summed E-state index contributed by atoms with van der Waals surface area (Å²) in [7, 11) is -3.87. The number of anilines is 2. The van der Waals surface area contributed by atoms with Crippen LogP contribution >= 0.6 is 11.8 Å².